The predicted molar refractivity (Wildman–Crippen MR) is 76.1 cm³/mol. The van der Waals surface area contributed by atoms with Crippen LogP contribution in [0.2, 0.25) is 0 Å². The van der Waals surface area contributed by atoms with Crippen LogP contribution in [0.25, 0.3) is 0 Å². The first-order valence-corrected chi connectivity index (χ1v) is 7.86. The number of hydrogen-bond donors (Lipinski definition) is 4. The summed E-state index contributed by atoms with van der Waals surface area (Å²) in [7, 11) is 0. The minimum absolute atomic E-state index is 0.161. The maximum Gasteiger partial charge on any atom is 0.315 e. The van der Waals surface area contributed by atoms with Crippen LogP contribution in [0.1, 0.15) is 25.0 Å². The smallest absolute Gasteiger partial charge is 0.315 e. The molecule has 1 heterocycles. The van der Waals surface area contributed by atoms with Gasteiger partial charge in [-0.25, -0.2) is 4.79 Å². The minimum Gasteiger partial charge on any atom is -0.481 e. The third-order valence-corrected chi connectivity index (χ3v) is 5.23. The molecule has 0 radical (unpaired) electrons. The second-order valence-corrected chi connectivity index (χ2v) is 6.57. The molecule has 0 aromatic carbocycles. The molecule has 1 aromatic rings. The zero-order valence-corrected chi connectivity index (χ0v) is 12.1. The molecule has 4 unspecified atom stereocenters. The molecule has 2 amide bonds. The van der Waals surface area contributed by atoms with Crippen molar-refractivity contribution in [3.05, 3.63) is 20.7 Å². The Hall–Kier alpha value is -1.83. The number of fused-ring (bicyclic) bond motifs is 2. The first-order chi connectivity index (χ1) is 10.0. The molecule has 0 saturated heterocycles. The lowest BCUT2D eigenvalue weighted by Crippen LogP contribution is -2.50. The minimum atomic E-state index is -0.824. The molecule has 21 heavy (non-hydrogen) atoms. The lowest BCUT2D eigenvalue weighted by atomic mass is 9.84. The van der Waals surface area contributed by atoms with Crippen molar-refractivity contribution in [2.45, 2.75) is 31.8 Å². The monoisotopic (exact) mass is 311 g/mol. The zero-order chi connectivity index (χ0) is 15.0. The number of rotatable bonds is 4. The number of aromatic nitrogens is 1. The van der Waals surface area contributed by atoms with Gasteiger partial charge in [0.2, 0.25) is 0 Å². The molecule has 2 saturated carbocycles. The summed E-state index contributed by atoms with van der Waals surface area (Å²) in [6.45, 7) is 0.225. The number of carbonyl (C=O) groups excluding carboxylic acids is 1. The second-order valence-electron chi connectivity index (χ2n) is 5.72. The fourth-order valence-electron chi connectivity index (χ4n) is 3.63. The van der Waals surface area contributed by atoms with Crippen LogP contribution in [0, 0.1) is 17.8 Å². The SMILES string of the molecule is O=C(NCc1csc(=O)[nH]1)NC1C2CCC(C2)C1C(=O)O. The third kappa shape index (κ3) is 2.80. The van der Waals surface area contributed by atoms with Gasteiger partial charge in [0.25, 0.3) is 0 Å². The lowest BCUT2D eigenvalue weighted by Gasteiger charge is -2.28. The third-order valence-electron chi connectivity index (χ3n) is 4.51. The average Bonchev–Trinajstić information content (AvgIpc) is 3.11. The first-order valence-electron chi connectivity index (χ1n) is 6.98. The van der Waals surface area contributed by atoms with E-state index >= 15 is 0 Å². The number of nitrogens with one attached hydrogen (secondary N) is 3. The highest BCUT2D eigenvalue weighted by Crippen LogP contribution is 2.48. The first kappa shape index (κ1) is 14.1. The van der Waals surface area contributed by atoms with Gasteiger partial charge in [-0.1, -0.05) is 11.3 Å². The molecule has 114 valence electrons. The van der Waals surface area contributed by atoms with E-state index < -0.39 is 11.9 Å². The van der Waals surface area contributed by atoms with Gasteiger partial charge in [-0.15, -0.1) is 0 Å². The molecule has 8 heteroatoms. The molecule has 4 N–H and O–H groups in total. The Bertz CT molecular complexity index is 611. The van der Waals surface area contributed by atoms with Crippen molar-refractivity contribution in [2.75, 3.05) is 0 Å². The molecule has 3 rings (SSSR count). The molecule has 7 nitrogen and oxygen atoms in total. The Morgan fingerprint density at radius 3 is 2.81 bits per heavy atom. The van der Waals surface area contributed by atoms with Crippen LogP contribution < -0.4 is 15.5 Å². The van der Waals surface area contributed by atoms with E-state index in [1.54, 1.807) is 5.38 Å². The summed E-state index contributed by atoms with van der Waals surface area (Å²) in [5.41, 5.74) is 0.642. The number of urea groups is 1. The Balaban J connectivity index is 1.56. The maximum atomic E-state index is 11.9. The van der Waals surface area contributed by atoms with Gasteiger partial charge in [0.05, 0.1) is 12.5 Å². The van der Waals surface area contributed by atoms with Gasteiger partial charge in [0, 0.05) is 17.1 Å². The molecular formula is C13H17N3O4S. The topological polar surface area (TPSA) is 111 Å². The molecule has 0 spiro atoms. The van der Waals surface area contributed by atoms with Crippen molar-refractivity contribution in [2.24, 2.45) is 17.8 Å². The molecule has 4 atom stereocenters. The van der Waals surface area contributed by atoms with Crippen LogP contribution >= 0.6 is 11.3 Å². The number of carboxylic acids is 1. The number of carboxylic acid groups (broad SMARTS) is 1. The van der Waals surface area contributed by atoms with Crippen LogP contribution in [0.5, 0.6) is 0 Å². The maximum absolute atomic E-state index is 11.9. The normalized spacial score (nSPS) is 30.3. The number of thiazole rings is 1. The van der Waals surface area contributed by atoms with Crippen LogP contribution in [-0.2, 0) is 11.3 Å². The van der Waals surface area contributed by atoms with Gasteiger partial charge in [-0.3, -0.25) is 9.59 Å². The van der Waals surface area contributed by atoms with Crippen molar-refractivity contribution >= 4 is 23.3 Å². The van der Waals surface area contributed by atoms with Crippen LogP contribution in [-0.4, -0.2) is 28.1 Å². The van der Waals surface area contributed by atoms with E-state index in [2.05, 4.69) is 15.6 Å². The van der Waals surface area contributed by atoms with E-state index in [0.717, 1.165) is 30.6 Å². The van der Waals surface area contributed by atoms with Gasteiger partial charge < -0.3 is 20.7 Å². The Kier molecular flexibility index (Phi) is 3.71. The summed E-state index contributed by atoms with van der Waals surface area (Å²) in [4.78, 5) is 36.7. The largest absolute Gasteiger partial charge is 0.481 e. The van der Waals surface area contributed by atoms with E-state index in [-0.39, 0.29) is 35.3 Å². The van der Waals surface area contributed by atoms with Crippen molar-refractivity contribution in [3.8, 4) is 0 Å². The molecule has 2 fully saturated rings. The fourth-order valence-corrected chi connectivity index (χ4v) is 4.21. The number of amides is 2. The lowest BCUT2D eigenvalue weighted by molar-refractivity contribution is -0.144. The van der Waals surface area contributed by atoms with Crippen molar-refractivity contribution in [1.82, 2.24) is 15.6 Å². The predicted octanol–water partition coefficient (Wildman–Crippen LogP) is 0.735. The summed E-state index contributed by atoms with van der Waals surface area (Å²) in [6.07, 6.45) is 2.81. The zero-order valence-electron chi connectivity index (χ0n) is 11.3. The molecule has 0 aliphatic heterocycles. The van der Waals surface area contributed by atoms with E-state index in [0.29, 0.717) is 5.69 Å². The van der Waals surface area contributed by atoms with Gasteiger partial charge in [0.1, 0.15) is 0 Å². The molecule has 2 aliphatic rings. The number of aliphatic carboxylic acids is 1. The van der Waals surface area contributed by atoms with Crippen molar-refractivity contribution in [3.63, 3.8) is 0 Å². The van der Waals surface area contributed by atoms with Crippen molar-refractivity contribution < 1.29 is 14.7 Å². The highest BCUT2D eigenvalue weighted by atomic mass is 32.1. The summed E-state index contributed by atoms with van der Waals surface area (Å²) in [6, 6.07) is -0.673. The summed E-state index contributed by atoms with van der Waals surface area (Å²) >= 11 is 1.04. The molecular weight excluding hydrogens is 294 g/mol. The summed E-state index contributed by atoms with van der Waals surface area (Å²) < 4.78 is 0. The van der Waals surface area contributed by atoms with E-state index in [1.165, 1.54) is 0 Å². The molecule has 2 aliphatic carbocycles. The summed E-state index contributed by atoms with van der Waals surface area (Å²) in [5, 5.41) is 16.4. The number of hydrogen-bond acceptors (Lipinski definition) is 4. The van der Waals surface area contributed by atoms with E-state index in [1.807, 2.05) is 0 Å². The van der Waals surface area contributed by atoms with E-state index in [9.17, 15) is 19.5 Å². The molecule has 2 bridgehead atoms. The van der Waals surface area contributed by atoms with Gasteiger partial charge in [0.15, 0.2) is 0 Å². The number of H-pyrrole nitrogens is 1. The van der Waals surface area contributed by atoms with Gasteiger partial charge in [-0.05, 0) is 31.1 Å². The number of aromatic amines is 1. The highest BCUT2D eigenvalue weighted by Gasteiger charge is 2.51. The van der Waals surface area contributed by atoms with Crippen molar-refractivity contribution in [1.29, 1.82) is 0 Å². The van der Waals surface area contributed by atoms with Crippen LogP contribution in [0.15, 0.2) is 10.2 Å². The highest BCUT2D eigenvalue weighted by molar-refractivity contribution is 7.07. The fraction of sp³-hybridized carbons (Fsp3) is 0.615. The Morgan fingerprint density at radius 2 is 2.14 bits per heavy atom. The van der Waals surface area contributed by atoms with Gasteiger partial charge in [-0.2, -0.15) is 0 Å². The van der Waals surface area contributed by atoms with Crippen LogP contribution in [0.3, 0.4) is 0 Å². The molecule has 1 aromatic heterocycles. The van der Waals surface area contributed by atoms with E-state index in [4.69, 9.17) is 0 Å². The summed E-state index contributed by atoms with van der Waals surface area (Å²) in [5.74, 6) is -0.848. The average molecular weight is 311 g/mol. The van der Waals surface area contributed by atoms with Gasteiger partial charge >= 0.3 is 16.9 Å². The Labute approximate surface area is 124 Å². The van der Waals surface area contributed by atoms with Crippen LogP contribution in [0.4, 0.5) is 4.79 Å². The quantitative estimate of drug-likeness (QED) is 0.657. The second kappa shape index (κ2) is 5.51. The number of carbonyl (C=O) groups is 2. The standard InChI is InChI=1S/C13H17N3O4S/c17-11(18)9-6-1-2-7(3-6)10(9)16-12(19)14-4-8-5-21-13(20)15-8/h5-7,9-10H,1-4H2,(H,15,20)(H,17,18)(H2,14,16,19). The Morgan fingerprint density at radius 1 is 1.38 bits per heavy atom.